The molecule has 0 aromatic rings. The summed E-state index contributed by atoms with van der Waals surface area (Å²) in [7, 11) is 1.47. The molecule has 0 spiro atoms. The van der Waals surface area contributed by atoms with Crippen molar-refractivity contribution in [2.45, 2.75) is 53.1 Å². The minimum Gasteiger partial charge on any atom is -0.469 e. The maximum atomic E-state index is 12.3. The summed E-state index contributed by atoms with van der Waals surface area (Å²) in [5.74, 6) is 0.365. The fourth-order valence-corrected chi connectivity index (χ4v) is 3.97. The molecule has 0 aliphatic heterocycles. The van der Waals surface area contributed by atoms with Crippen LogP contribution in [0.1, 0.15) is 47.0 Å². The van der Waals surface area contributed by atoms with Crippen molar-refractivity contribution in [2.75, 3.05) is 7.11 Å². The van der Waals surface area contributed by atoms with E-state index in [9.17, 15) is 9.90 Å². The average Bonchev–Trinajstić information content (AvgIpc) is 2.37. The Morgan fingerprint density at radius 3 is 2.58 bits per heavy atom. The van der Waals surface area contributed by atoms with Crippen LogP contribution >= 0.6 is 0 Å². The van der Waals surface area contributed by atoms with Crippen LogP contribution in [0.25, 0.3) is 0 Å². The second-order valence-corrected chi connectivity index (χ2v) is 6.94. The van der Waals surface area contributed by atoms with Crippen molar-refractivity contribution in [2.24, 2.45) is 22.7 Å². The number of hydrogen-bond acceptors (Lipinski definition) is 3. The Kier molecular flexibility index (Phi) is 3.54. The Bertz CT molecular complexity index is 410. The van der Waals surface area contributed by atoms with Gasteiger partial charge >= 0.3 is 5.97 Å². The van der Waals surface area contributed by atoms with Crippen molar-refractivity contribution in [1.82, 2.24) is 0 Å². The standard InChI is InChI=1S/C16H26O3/c1-10-6-7-11-12(16(10,4)14(18)19-5)8-9-13(17)15(11,2)3/h7,10,12-13,17H,6,8-9H2,1-5H3/t10-,12+,13-,16+/m0/s1. The van der Waals surface area contributed by atoms with Gasteiger partial charge in [-0.15, -0.1) is 0 Å². The second-order valence-electron chi connectivity index (χ2n) is 6.94. The summed E-state index contributed by atoms with van der Waals surface area (Å²) in [4.78, 5) is 12.3. The monoisotopic (exact) mass is 266 g/mol. The van der Waals surface area contributed by atoms with Gasteiger partial charge in [-0.25, -0.2) is 0 Å². The lowest BCUT2D eigenvalue weighted by Crippen LogP contribution is -2.51. The van der Waals surface area contributed by atoms with Crippen LogP contribution in [0.3, 0.4) is 0 Å². The fraction of sp³-hybridized carbons (Fsp3) is 0.812. The Labute approximate surface area is 116 Å². The van der Waals surface area contributed by atoms with Gasteiger partial charge < -0.3 is 9.84 Å². The van der Waals surface area contributed by atoms with Crippen molar-refractivity contribution < 1.29 is 14.6 Å². The zero-order valence-electron chi connectivity index (χ0n) is 12.7. The average molecular weight is 266 g/mol. The molecule has 3 nitrogen and oxygen atoms in total. The van der Waals surface area contributed by atoms with Crippen LogP contribution in [0.5, 0.6) is 0 Å². The van der Waals surface area contributed by atoms with Crippen LogP contribution in [0.2, 0.25) is 0 Å². The maximum Gasteiger partial charge on any atom is 0.312 e. The molecular weight excluding hydrogens is 240 g/mol. The molecule has 1 fully saturated rings. The lowest BCUT2D eigenvalue weighted by Gasteiger charge is -2.52. The SMILES string of the molecule is COC(=O)[C@@]1(C)[C@@H]2CC[C@H](O)C(C)(C)C2=CC[C@@H]1C. The number of fused-ring (bicyclic) bond motifs is 1. The normalized spacial score (nSPS) is 41.2. The van der Waals surface area contributed by atoms with E-state index < -0.39 is 5.41 Å². The molecule has 19 heavy (non-hydrogen) atoms. The van der Waals surface area contributed by atoms with Crippen molar-refractivity contribution in [1.29, 1.82) is 0 Å². The lowest BCUT2D eigenvalue weighted by molar-refractivity contribution is -0.161. The first-order chi connectivity index (χ1) is 8.76. The van der Waals surface area contributed by atoms with Gasteiger partial charge in [-0.2, -0.15) is 0 Å². The number of hydrogen-bond donors (Lipinski definition) is 1. The topological polar surface area (TPSA) is 46.5 Å². The zero-order valence-corrected chi connectivity index (χ0v) is 12.7. The van der Waals surface area contributed by atoms with E-state index in [2.05, 4.69) is 26.8 Å². The minimum absolute atomic E-state index is 0.109. The summed E-state index contributed by atoms with van der Waals surface area (Å²) >= 11 is 0. The Balaban J connectivity index is 2.46. The van der Waals surface area contributed by atoms with Gasteiger partial charge in [-0.05, 0) is 38.0 Å². The molecule has 0 aromatic heterocycles. The molecule has 0 heterocycles. The summed E-state index contributed by atoms with van der Waals surface area (Å²) in [6.45, 7) is 8.34. The number of ether oxygens (including phenoxy) is 1. The number of aliphatic hydroxyl groups is 1. The Morgan fingerprint density at radius 2 is 2.00 bits per heavy atom. The number of carbonyl (C=O) groups is 1. The number of carbonyl (C=O) groups excluding carboxylic acids is 1. The van der Waals surface area contributed by atoms with E-state index in [4.69, 9.17) is 4.74 Å². The number of methoxy groups -OCH3 is 1. The van der Waals surface area contributed by atoms with Crippen molar-refractivity contribution >= 4 is 5.97 Å². The quantitative estimate of drug-likeness (QED) is 0.586. The van der Waals surface area contributed by atoms with Crippen molar-refractivity contribution in [3.05, 3.63) is 11.6 Å². The van der Waals surface area contributed by atoms with Crippen LogP contribution < -0.4 is 0 Å². The zero-order chi connectivity index (χ0) is 14.4. The molecule has 0 bridgehead atoms. The van der Waals surface area contributed by atoms with E-state index in [1.807, 2.05) is 6.92 Å². The first-order valence-electron chi connectivity index (χ1n) is 7.23. The number of esters is 1. The van der Waals surface area contributed by atoms with Gasteiger partial charge in [-0.3, -0.25) is 4.79 Å². The molecule has 0 aromatic carbocycles. The van der Waals surface area contributed by atoms with Crippen molar-refractivity contribution in [3.63, 3.8) is 0 Å². The third-order valence-electron chi connectivity index (χ3n) is 5.75. The number of allylic oxidation sites excluding steroid dienone is 1. The van der Waals surface area contributed by atoms with Gasteiger partial charge in [0.2, 0.25) is 0 Å². The third-order valence-corrected chi connectivity index (χ3v) is 5.75. The summed E-state index contributed by atoms with van der Waals surface area (Å²) in [5, 5.41) is 10.3. The predicted octanol–water partition coefficient (Wildman–Crippen LogP) is 2.93. The minimum atomic E-state index is -0.462. The summed E-state index contributed by atoms with van der Waals surface area (Å²) in [6, 6.07) is 0. The highest BCUT2D eigenvalue weighted by atomic mass is 16.5. The molecule has 108 valence electrons. The number of rotatable bonds is 1. The summed E-state index contributed by atoms with van der Waals surface area (Å²) in [5.41, 5.74) is 0.548. The highest BCUT2D eigenvalue weighted by Gasteiger charge is 2.55. The third kappa shape index (κ3) is 1.94. The first kappa shape index (κ1) is 14.6. The number of aliphatic hydroxyl groups excluding tert-OH is 1. The molecule has 2 aliphatic carbocycles. The molecule has 0 radical (unpaired) electrons. The van der Waals surface area contributed by atoms with Gasteiger partial charge in [0.25, 0.3) is 0 Å². The van der Waals surface area contributed by atoms with Gasteiger partial charge in [0.05, 0.1) is 18.6 Å². The molecular formula is C16H26O3. The van der Waals surface area contributed by atoms with Crippen LogP contribution in [-0.2, 0) is 9.53 Å². The molecule has 0 amide bonds. The Morgan fingerprint density at radius 1 is 1.37 bits per heavy atom. The molecule has 0 saturated heterocycles. The molecule has 2 aliphatic rings. The van der Waals surface area contributed by atoms with Gasteiger partial charge in [0.1, 0.15) is 0 Å². The highest BCUT2D eigenvalue weighted by Crippen LogP contribution is 2.56. The largest absolute Gasteiger partial charge is 0.469 e. The molecule has 0 unspecified atom stereocenters. The van der Waals surface area contributed by atoms with Gasteiger partial charge in [0.15, 0.2) is 0 Å². The molecule has 1 saturated carbocycles. The van der Waals surface area contributed by atoms with E-state index in [0.29, 0.717) is 0 Å². The van der Waals surface area contributed by atoms with E-state index in [0.717, 1.165) is 19.3 Å². The first-order valence-corrected chi connectivity index (χ1v) is 7.23. The van der Waals surface area contributed by atoms with Gasteiger partial charge in [-0.1, -0.05) is 32.4 Å². The lowest BCUT2D eigenvalue weighted by atomic mass is 9.52. The molecule has 2 rings (SSSR count). The predicted molar refractivity (Wildman–Crippen MR) is 74.5 cm³/mol. The van der Waals surface area contributed by atoms with Gasteiger partial charge in [0, 0.05) is 5.41 Å². The Hall–Kier alpha value is -0.830. The van der Waals surface area contributed by atoms with Crippen LogP contribution in [-0.4, -0.2) is 24.3 Å². The molecule has 3 heteroatoms. The highest BCUT2D eigenvalue weighted by molar-refractivity contribution is 5.78. The van der Waals surface area contributed by atoms with Crippen LogP contribution in [0.4, 0.5) is 0 Å². The van der Waals surface area contributed by atoms with E-state index in [1.165, 1.54) is 12.7 Å². The van der Waals surface area contributed by atoms with Crippen molar-refractivity contribution in [3.8, 4) is 0 Å². The second kappa shape index (κ2) is 4.62. The molecule has 4 atom stereocenters. The summed E-state index contributed by atoms with van der Waals surface area (Å²) < 4.78 is 5.08. The van der Waals surface area contributed by atoms with Crippen LogP contribution in [0, 0.1) is 22.7 Å². The van der Waals surface area contributed by atoms with Crippen LogP contribution in [0.15, 0.2) is 11.6 Å². The fourth-order valence-electron chi connectivity index (χ4n) is 3.97. The van der Waals surface area contributed by atoms with E-state index in [-0.39, 0.29) is 29.3 Å². The van der Waals surface area contributed by atoms with E-state index in [1.54, 1.807) is 0 Å². The smallest absolute Gasteiger partial charge is 0.312 e. The molecule has 1 N–H and O–H groups in total. The van der Waals surface area contributed by atoms with E-state index >= 15 is 0 Å². The summed E-state index contributed by atoms with van der Waals surface area (Å²) in [6.07, 6.45) is 4.45. The maximum absolute atomic E-state index is 12.3.